The first kappa shape index (κ1) is 11.2. The third kappa shape index (κ3) is 1.97. The highest BCUT2D eigenvalue weighted by atomic mass is 16.1. The van der Waals surface area contributed by atoms with Crippen LogP contribution in [0.2, 0.25) is 0 Å². The van der Waals surface area contributed by atoms with Crippen molar-refractivity contribution in [3.63, 3.8) is 0 Å². The predicted molar refractivity (Wildman–Crippen MR) is 60.1 cm³/mol. The van der Waals surface area contributed by atoms with Crippen molar-refractivity contribution < 1.29 is 4.79 Å². The van der Waals surface area contributed by atoms with Gasteiger partial charge in [-0.15, -0.1) is 6.58 Å². The van der Waals surface area contributed by atoms with Gasteiger partial charge in [0.1, 0.15) is 5.78 Å². The molecule has 0 unspecified atom stereocenters. The smallest absolute Gasteiger partial charge is 0.137 e. The lowest BCUT2D eigenvalue weighted by Gasteiger charge is -2.28. The molecule has 0 aromatic rings. The summed E-state index contributed by atoms with van der Waals surface area (Å²) >= 11 is 0. The number of hydrogen-bond acceptors (Lipinski definition) is 1. The van der Waals surface area contributed by atoms with Crippen LogP contribution in [0.3, 0.4) is 0 Å². The Balaban J connectivity index is 2.64. The second-order valence-corrected chi connectivity index (χ2v) is 4.69. The Hall–Kier alpha value is -0.850. The van der Waals surface area contributed by atoms with Crippen molar-refractivity contribution >= 4 is 5.78 Å². The van der Waals surface area contributed by atoms with Crippen molar-refractivity contribution in [2.75, 3.05) is 0 Å². The minimum Gasteiger partial charge on any atom is -0.299 e. The largest absolute Gasteiger partial charge is 0.299 e. The number of allylic oxidation sites excluding steroid dienone is 3. The van der Waals surface area contributed by atoms with E-state index < -0.39 is 0 Å². The molecule has 0 aromatic heterocycles. The Bertz CT molecular complexity index is 271. The van der Waals surface area contributed by atoms with Crippen LogP contribution in [0.5, 0.6) is 0 Å². The fourth-order valence-electron chi connectivity index (χ4n) is 2.08. The first-order valence-corrected chi connectivity index (χ1v) is 5.31. The molecule has 0 saturated heterocycles. The lowest BCUT2D eigenvalue weighted by atomic mass is 9.75. The van der Waals surface area contributed by atoms with Crippen LogP contribution in [0.25, 0.3) is 0 Å². The van der Waals surface area contributed by atoms with Gasteiger partial charge in [-0.05, 0) is 25.2 Å². The molecule has 78 valence electrons. The van der Waals surface area contributed by atoms with Crippen LogP contribution in [0, 0.1) is 11.3 Å². The van der Waals surface area contributed by atoms with Gasteiger partial charge < -0.3 is 0 Å². The van der Waals surface area contributed by atoms with Crippen molar-refractivity contribution in [3.05, 3.63) is 24.3 Å². The number of rotatable bonds is 4. The van der Waals surface area contributed by atoms with E-state index in [1.165, 1.54) is 5.57 Å². The molecule has 1 heteroatoms. The van der Waals surface area contributed by atoms with Crippen molar-refractivity contribution in [1.82, 2.24) is 0 Å². The lowest BCUT2D eigenvalue weighted by molar-refractivity contribution is -0.125. The Kier molecular flexibility index (Phi) is 3.30. The molecule has 1 aliphatic carbocycles. The van der Waals surface area contributed by atoms with Gasteiger partial charge in [-0.2, -0.15) is 0 Å². The highest BCUT2D eigenvalue weighted by molar-refractivity contribution is 5.83. The van der Waals surface area contributed by atoms with Gasteiger partial charge in [0.15, 0.2) is 0 Å². The van der Waals surface area contributed by atoms with Gasteiger partial charge in [0.25, 0.3) is 0 Å². The summed E-state index contributed by atoms with van der Waals surface area (Å²) in [6.45, 7) is 10.1. The quantitative estimate of drug-likeness (QED) is 0.623. The zero-order valence-corrected chi connectivity index (χ0v) is 9.47. The van der Waals surface area contributed by atoms with Crippen LogP contribution in [0.15, 0.2) is 24.3 Å². The number of Topliss-reactive ketones (excluding diaryl/α,β-unsaturated/α-hetero) is 1. The van der Waals surface area contributed by atoms with E-state index in [9.17, 15) is 4.79 Å². The molecule has 1 atom stereocenters. The summed E-state index contributed by atoms with van der Waals surface area (Å²) in [4.78, 5) is 11.9. The molecule has 0 aliphatic heterocycles. The molecule has 14 heavy (non-hydrogen) atoms. The molecule has 0 N–H and O–H groups in total. The Morgan fingerprint density at radius 2 is 2.36 bits per heavy atom. The highest BCUT2D eigenvalue weighted by Crippen LogP contribution is 2.43. The van der Waals surface area contributed by atoms with E-state index >= 15 is 0 Å². The molecular formula is C13H20O. The molecule has 0 bridgehead atoms. The van der Waals surface area contributed by atoms with Gasteiger partial charge in [0, 0.05) is 12.3 Å². The van der Waals surface area contributed by atoms with E-state index in [1.54, 1.807) is 0 Å². The van der Waals surface area contributed by atoms with Gasteiger partial charge in [0.2, 0.25) is 0 Å². The first-order chi connectivity index (χ1) is 6.50. The van der Waals surface area contributed by atoms with Gasteiger partial charge in [-0.25, -0.2) is 0 Å². The molecule has 0 radical (unpaired) electrons. The van der Waals surface area contributed by atoms with E-state index in [-0.39, 0.29) is 11.3 Å². The second-order valence-electron chi connectivity index (χ2n) is 4.69. The van der Waals surface area contributed by atoms with Crippen LogP contribution < -0.4 is 0 Å². The Labute approximate surface area is 86.9 Å². The molecule has 0 aromatic carbocycles. The summed E-state index contributed by atoms with van der Waals surface area (Å²) in [6.07, 6.45) is 6.41. The molecule has 1 rings (SSSR count). The summed E-state index contributed by atoms with van der Waals surface area (Å²) in [5, 5.41) is 0. The Morgan fingerprint density at radius 1 is 1.71 bits per heavy atom. The molecule has 1 aliphatic rings. The fraction of sp³-hybridized carbons (Fsp3) is 0.615. The average Bonchev–Trinajstić information content (AvgIpc) is 2.38. The van der Waals surface area contributed by atoms with Crippen molar-refractivity contribution in [3.8, 4) is 0 Å². The third-order valence-corrected chi connectivity index (χ3v) is 3.53. The summed E-state index contributed by atoms with van der Waals surface area (Å²) in [5.41, 5.74) is 1.42. The molecule has 0 amide bonds. The van der Waals surface area contributed by atoms with Crippen molar-refractivity contribution in [2.45, 2.75) is 40.0 Å². The van der Waals surface area contributed by atoms with Crippen molar-refractivity contribution in [2.24, 2.45) is 11.3 Å². The van der Waals surface area contributed by atoms with Gasteiger partial charge in [-0.3, -0.25) is 4.79 Å². The van der Waals surface area contributed by atoms with E-state index in [4.69, 9.17) is 0 Å². The molecule has 0 saturated carbocycles. The zero-order chi connectivity index (χ0) is 10.8. The maximum atomic E-state index is 11.9. The normalized spacial score (nSPS) is 24.5. The third-order valence-electron chi connectivity index (χ3n) is 3.53. The minimum atomic E-state index is 0.0677. The lowest BCUT2D eigenvalue weighted by Crippen LogP contribution is -2.27. The van der Waals surface area contributed by atoms with E-state index in [1.807, 2.05) is 6.08 Å². The van der Waals surface area contributed by atoms with E-state index in [0.717, 1.165) is 12.8 Å². The molecular weight excluding hydrogens is 172 g/mol. The summed E-state index contributed by atoms with van der Waals surface area (Å²) < 4.78 is 0. The van der Waals surface area contributed by atoms with Crippen LogP contribution >= 0.6 is 0 Å². The summed E-state index contributed by atoms with van der Waals surface area (Å²) in [5.74, 6) is 0.588. The van der Waals surface area contributed by atoms with Crippen LogP contribution in [-0.4, -0.2) is 5.78 Å². The molecule has 0 fully saturated rings. The minimum absolute atomic E-state index is 0.0677. The number of hydrogen-bond donors (Lipinski definition) is 0. The van der Waals surface area contributed by atoms with Crippen molar-refractivity contribution in [1.29, 1.82) is 0 Å². The molecule has 0 spiro atoms. The Morgan fingerprint density at radius 3 is 2.79 bits per heavy atom. The van der Waals surface area contributed by atoms with Crippen LogP contribution in [0.4, 0.5) is 0 Å². The number of carbonyl (C=O) groups is 1. The highest BCUT2D eigenvalue weighted by Gasteiger charge is 2.38. The first-order valence-electron chi connectivity index (χ1n) is 5.31. The van der Waals surface area contributed by atoms with Gasteiger partial charge >= 0.3 is 0 Å². The topological polar surface area (TPSA) is 17.1 Å². The predicted octanol–water partition coefficient (Wildman–Crippen LogP) is 3.51. The average molecular weight is 192 g/mol. The zero-order valence-electron chi connectivity index (χ0n) is 9.47. The van der Waals surface area contributed by atoms with E-state index in [2.05, 4.69) is 33.4 Å². The van der Waals surface area contributed by atoms with E-state index in [0.29, 0.717) is 12.2 Å². The maximum Gasteiger partial charge on any atom is 0.137 e. The maximum absolute atomic E-state index is 11.9. The fourth-order valence-corrected chi connectivity index (χ4v) is 2.08. The standard InChI is InChI=1S/C13H20O/c1-5-6-7-12(14)11-9-8-10(2)13(11,3)4/h5,8,11H,1,6-7,9H2,2-4H3/t11-/m0/s1. The summed E-state index contributed by atoms with van der Waals surface area (Å²) in [7, 11) is 0. The van der Waals surface area contributed by atoms with Crippen LogP contribution in [0.1, 0.15) is 40.0 Å². The SMILES string of the molecule is C=CCCC(=O)[C@@H]1CC=C(C)C1(C)C. The summed E-state index contributed by atoms with van der Waals surface area (Å²) in [6, 6.07) is 0. The molecule has 1 nitrogen and oxygen atoms in total. The van der Waals surface area contributed by atoms with Gasteiger partial charge in [0.05, 0.1) is 0 Å². The second kappa shape index (κ2) is 4.12. The molecule has 0 heterocycles. The number of carbonyl (C=O) groups excluding carboxylic acids is 1. The van der Waals surface area contributed by atoms with Gasteiger partial charge in [-0.1, -0.05) is 31.6 Å². The monoisotopic (exact) mass is 192 g/mol. The van der Waals surface area contributed by atoms with Crippen LogP contribution in [-0.2, 0) is 4.79 Å². The number of ketones is 1.